The van der Waals surface area contributed by atoms with Gasteiger partial charge in [-0.2, -0.15) is 0 Å². The van der Waals surface area contributed by atoms with Crippen LogP contribution in [0.25, 0.3) is 11.1 Å². The van der Waals surface area contributed by atoms with Crippen LogP contribution in [0.2, 0.25) is 5.02 Å². The topological polar surface area (TPSA) is 88.5 Å². The molecule has 3 rings (SSSR count). The van der Waals surface area contributed by atoms with Crippen LogP contribution in [0.4, 0.5) is 0 Å². The first-order valence-electron chi connectivity index (χ1n) is 9.27. The number of carboxylic acids is 1. The number of hydrogen-bond acceptors (Lipinski definition) is 4. The minimum Gasteiger partial charge on any atom is -0.481 e. The molecule has 1 heterocycles. The van der Waals surface area contributed by atoms with Crippen molar-refractivity contribution < 1.29 is 19.4 Å². The maximum absolute atomic E-state index is 13.0. The van der Waals surface area contributed by atoms with E-state index in [9.17, 15) is 14.7 Å². The summed E-state index contributed by atoms with van der Waals surface area (Å²) in [4.78, 5) is 28.6. The van der Waals surface area contributed by atoms with Gasteiger partial charge in [0.15, 0.2) is 0 Å². The fourth-order valence-corrected chi connectivity index (χ4v) is 3.49. The lowest BCUT2D eigenvalue weighted by Gasteiger charge is -2.19. The number of pyridine rings is 1. The molecule has 0 aliphatic heterocycles. The summed E-state index contributed by atoms with van der Waals surface area (Å²) in [5.74, 6) is -1.10. The molecule has 0 aliphatic carbocycles. The fourth-order valence-electron chi connectivity index (χ4n) is 3.22. The summed E-state index contributed by atoms with van der Waals surface area (Å²) in [6, 6.07) is 15.5. The molecule has 0 saturated carbocycles. The Morgan fingerprint density at radius 1 is 1.13 bits per heavy atom. The number of aliphatic carboxylic acids is 1. The van der Waals surface area contributed by atoms with E-state index < -0.39 is 17.9 Å². The summed E-state index contributed by atoms with van der Waals surface area (Å²) < 4.78 is 5.37. The zero-order chi connectivity index (χ0) is 21.7. The van der Waals surface area contributed by atoms with Crippen molar-refractivity contribution in [1.29, 1.82) is 0 Å². The van der Waals surface area contributed by atoms with Crippen LogP contribution in [0.15, 0.2) is 60.8 Å². The van der Waals surface area contributed by atoms with Gasteiger partial charge in [0, 0.05) is 16.8 Å². The number of rotatable bonds is 7. The first kappa shape index (κ1) is 21.3. The number of halogens is 1. The molecular formula is C23H21ClN2O4. The maximum atomic E-state index is 13.0. The van der Waals surface area contributed by atoms with Gasteiger partial charge in [0.05, 0.1) is 25.1 Å². The van der Waals surface area contributed by atoms with E-state index in [4.69, 9.17) is 16.3 Å². The van der Waals surface area contributed by atoms with Crippen LogP contribution in [0.1, 0.15) is 33.9 Å². The number of amides is 1. The van der Waals surface area contributed by atoms with Gasteiger partial charge in [-0.05, 0) is 35.7 Å². The standard InChI is InChI=1S/C23H21ClN2O4/c1-14-7-3-4-8-16(14)18-11-15(13-25-23(18)30-2)22(29)26-20(12-21(27)28)17-9-5-6-10-19(17)24/h3-11,13,20H,12H2,1-2H3,(H,26,29)(H,27,28). The molecule has 3 aromatic rings. The maximum Gasteiger partial charge on any atom is 0.305 e. The molecule has 6 nitrogen and oxygen atoms in total. The predicted octanol–water partition coefficient (Wildman–Crippen LogP) is 4.66. The van der Waals surface area contributed by atoms with E-state index in [2.05, 4.69) is 10.3 Å². The summed E-state index contributed by atoms with van der Waals surface area (Å²) in [5.41, 5.74) is 3.41. The first-order valence-corrected chi connectivity index (χ1v) is 9.65. The second-order valence-electron chi connectivity index (χ2n) is 6.74. The number of nitrogens with one attached hydrogen (secondary N) is 1. The van der Waals surface area contributed by atoms with Crippen LogP contribution in [-0.4, -0.2) is 29.1 Å². The molecule has 0 fully saturated rings. The van der Waals surface area contributed by atoms with E-state index in [0.29, 0.717) is 22.0 Å². The Morgan fingerprint density at radius 2 is 1.83 bits per heavy atom. The number of methoxy groups -OCH3 is 1. The number of carboxylic acid groups (broad SMARTS) is 1. The van der Waals surface area contributed by atoms with Crippen LogP contribution in [0, 0.1) is 6.92 Å². The van der Waals surface area contributed by atoms with E-state index in [0.717, 1.165) is 11.1 Å². The van der Waals surface area contributed by atoms with Gasteiger partial charge < -0.3 is 15.2 Å². The Kier molecular flexibility index (Phi) is 6.69. The second-order valence-corrected chi connectivity index (χ2v) is 7.15. The van der Waals surface area contributed by atoms with Crippen LogP contribution in [0.5, 0.6) is 5.88 Å². The number of carbonyl (C=O) groups excluding carboxylic acids is 1. The average molecular weight is 425 g/mol. The third-order valence-electron chi connectivity index (χ3n) is 4.71. The minimum absolute atomic E-state index is 0.288. The van der Waals surface area contributed by atoms with Gasteiger partial charge >= 0.3 is 5.97 Å². The second kappa shape index (κ2) is 9.41. The van der Waals surface area contributed by atoms with Crippen LogP contribution in [0.3, 0.4) is 0 Å². The van der Waals surface area contributed by atoms with Crippen molar-refractivity contribution in [2.45, 2.75) is 19.4 Å². The molecule has 7 heteroatoms. The number of aromatic nitrogens is 1. The first-order chi connectivity index (χ1) is 14.4. The Morgan fingerprint density at radius 3 is 2.50 bits per heavy atom. The molecule has 1 aromatic heterocycles. The van der Waals surface area contributed by atoms with Crippen LogP contribution >= 0.6 is 11.6 Å². The summed E-state index contributed by atoms with van der Waals surface area (Å²) in [7, 11) is 1.52. The van der Waals surface area contributed by atoms with Crippen LogP contribution < -0.4 is 10.1 Å². The summed E-state index contributed by atoms with van der Waals surface area (Å²) in [6.07, 6.45) is 1.10. The Balaban J connectivity index is 1.96. The Bertz CT molecular complexity index is 1080. The number of aryl methyl sites for hydroxylation is 1. The van der Waals surface area contributed by atoms with Crippen molar-refractivity contribution in [2.24, 2.45) is 0 Å². The van der Waals surface area contributed by atoms with Crippen molar-refractivity contribution in [3.05, 3.63) is 82.5 Å². The predicted molar refractivity (Wildman–Crippen MR) is 115 cm³/mol. The minimum atomic E-state index is -1.05. The van der Waals surface area contributed by atoms with Gasteiger partial charge in [0.1, 0.15) is 0 Å². The zero-order valence-corrected chi connectivity index (χ0v) is 17.3. The average Bonchev–Trinajstić information content (AvgIpc) is 2.73. The number of benzene rings is 2. The smallest absolute Gasteiger partial charge is 0.305 e. The van der Waals surface area contributed by atoms with Gasteiger partial charge in [-0.25, -0.2) is 4.98 Å². The molecule has 2 aromatic carbocycles. The van der Waals surface area contributed by atoms with Gasteiger partial charge in [-0.1, -0.05) is 54.1 Å². The molecule has 0 aliphatic rings. The van der Waals surface area contributed by atoms with Gasteiger partial charge in [-0.3, -0.25) is 9.59 Å². The lowest BCUT2D eigenvalue weighted by Crippen LogP contribution is -2.30. The molecule has 1 unspecified atom stereocenters. The van der Waals surface area contributed by atoms with Crippen molar-refractivity contribution >= 4 is 23.5 Å². The largest absolute Gasteiger partial charge is 0.481 e. The molecule has 0 spiro atoms. The number of hydrogen-bond donors (Lipinski definition) is 2. The van der Waals surface area contributed by atoms with E-state index >= 15 is 0 Å². The summed E-state index contributed by atoms with van der Waals surface area (Å²) in [6.45, 7) is 1.96. The highest BCUT2D eigenvalue weighted by molar-refractivity contribution is 6.31. The fraction of sp³-hybridized carbons (Fsp3) is 0.174. The summed E-state index contributed by atoms with van der Waals surface area (Å²) in [5, 5.41) is 12.4. The van der Waals surface area contributed by atoms with Gasteiger partial charge in [0.25, 0.3) is 5.91 Å². The van der Waals surface area contributed by atoms with E-state index in [1.807, 2.05) is 31.2 Å². The highest BCUT2D eigenvalue weighted by atomic mass is 35.5. The molecule has 1 atom stereocenters. The Hall–Kier alpha value is -3.38. The quantitative estimate of drug-likeness (QED) is 0.575. The molecule has 154 valence electrons. The molecule has 2 N–H and O–H groups in total. The van der Waals surface area contributed by atoms with E-state index in [1.165, 1.54) is 13.3 Å². The molecule has 30 heavy (non-hydrogen) atoms. The van der Waals surface area contributed by atoms with Crippen molar-refractivity contribution in [3.63, 3.8) is 0 Å². The number of nitrogens with zero attached hydrogens (tertiary/aromatic N) is 1. The lowest BCUT2D eigenvalue weighted by molar-refractivity contribution is -0.137. The molecular weight excluding hydrogens is 404 g/mol. The zero-order valence-electron chi connectivity index (χ0n) is 16.6. The number of ether oxygens (including phenoxy) is 1. The third kappa shape index (κ3) is 4.78. The van der Waals surface area contributed by atoms with E-state index in [1.54, 1.807) is 30.3 Å². The lowest BCUT2D eigenvalue weighted by atomic mass is 9.99. The highest BCUT2D eigenvalue weighted by Crippen LogP contribution is 2.31. The monoisotopic (exact) mass is 424 g/mol. The molecule has 0 bridgehead atoms. The van der Waals surface area contributed by atoms with E-state index in [-0.39, 0.29) is 12.0 Å². The highest BCUT2D eigenvalue weighted by Gasteiger charge is 2.22. The van der Waals surface area contributed by atoms with Crippen molar-refractivity contribution in [1.82, 2.24) is 10.3 Å². The van der Waals surface area contributed by atoms with Gasteiger partial charge in [0.2, 0.25) is 5.88 Å². The number of carbonyl (C=O) groups is 2. The van der Waals surface area contributed by atoms with Crippen LogP contribution in [-0.2, 0) is 4.79 Å². The molecule has 0 saturated heterocycles. The van der Waals surface area contributed by atoms with Crippen molar-refractivity contribution in [3.8, 4) is 17.0 Å². The Labute approximate surface area is 179 Å². The molecule has 1 amide bonds. The van der Waals surface area contributed by atoms with Gasteiger partial charge in [-0.15, -0.1) is 0 Å². The SMILES string of the molecule is COc1ncc(C(=O)NC(CC(=O)O)c2ccccc2Cl)cc1-c1ccccc1C. The third-order valence-corrected chi connectivity index (χ3v) is 5.05. The van der Waals surface area contributed by atoms with Crippen molar-refractivity contribution in [2.75, 3.05) is 7.11 Å². The normalized spacial score (nSPS) is 11.6. The summed E-state index contributed by atoms with van der Waals surface area (Å²) >= 11 is 6.22. The molecule has 0 radical (unpaired) electrons.